The number of carbonyl (C=O) groups is 3. The Labute approximate surface area is 112 Å². The van der Waals surface area contributed by atoms with Crippen molar-refractivity contribution < 1.29 is 19.5 Å². The number of carboxylic acids is 1. The quantitative estimate of drug-likeness (QED) is 0.619. The van der Waals surface area contributed by atoms with Crippen LogP contribution in [0.2, 0.25) is 0 Å². The third-order valence-corrected chi connectivity index (χ3v) is 4.02. The molecule has 5 nitrogen and oxygen atoms in total. The zero-order valence-electron chi connectivity index (χ0n) is 11.4. The Morgan fingerprint density at radius 3 is 2.42 bits per heavy atom. The van der Waals surface area contributed by atoms with Gasteiger partial charge in [-0.05, 0) is 25.7 Å². The van der Waals surface area contributed by atoms with E-state index in [2.05, 4.69) is 0 Å². The van der Waals surface area contributed by atoms with E-state index in [0.29, 0.717) is 12.8 Å². The van der Waals surface area contributed by atoms with Crippen LogP contribution in [0.4, 0.5) is 0 Å². The molecule has 2 amide bonds. The van der Waals surface area contributed by atoms with Crippen molar-refractivity contribution in [2.45, 2.75) is 39.7 Å². The molecule has 0 spiro atoms. The highest BCUT2D eigenvalue weighted by Gasteiger charge is 2.52. The van der Waals surface area contributed by atoms with Gasteiger partial charge in [-0.3, -0.25) is 14.5 Å². The largest absolute Gasteiger partial charge is 0.480 e. The molecule has 1 N–H and O–H groups in total. The number of carboxylic acid groups (broad SMARTS) is 1. The zero-order valence-corrected chi connectivity index (χ0v) is 11.4. The SMILES string of the molecule is CC1=CCC2C(=O)N(C(C(=O)O)C(C)C)C(=O)C2C1. The van der Waals surface area contributed by atoms with Crippen LogP contribution in [0.1, 0.15) is 33.6 Å². The molecule has 0 saturated carbocycles. The second kappa shape index (κ2) is 4.79. The molecule has 2 aliphatic rings. The molecule has 2 rings (SSSR count). The Kier molecular flexibility index (Phi) is 3.47. The zero-order chi connectivity index (χ0) is 14.3. The fraction of sp³-hybridized carbons (Fsp3) is 0.643. The van der Waals surface area contributed by atoms with Gasteiger partial charge in [0.2, 0.25) is 11.8 Å². The summed E-state index contributed by atoms with van der Waals surface area (Å²) in [7, 11) is 0. The maximum atomic E-state index is 12.4. The van der Waals surface area contributed by atoms with Crippen molar-refractivity contribution in [1.82, 2.24) is 4.90 Å². The molecule has 1 aliphatic heterocycles. The van der Waals surface area contributed by atoms with Gasteiger partial charge in [0.05, 0.1) is 11.8 Å². The highest BCUT2D eigenvalue weighted by Crippen LogP contribution is 2.39. The van der Waals surface area contributed by atoms with Crippen LogP contribution in [0.3, 0.4) is 0 Å². The summed E-state index contributed by atoms with van der Waals surface area (Å²) >= 11 is 0. The van der Waals surface area contributed by atoms with Crippen LogP contribution < -0.4 is 0 Å². The minimum Gasteiger partial charge on any atom is -0.480 e. The lowest BCUT2D eigenvalue weighted by Gasteiger charge is -2.26. The summed E-state index contributed by atoms with van der Waals surface area (Å²) in [5.74, 6) is -2.77. The average molecular weight is 265 g/mol. The molecule has 0 aromatic rings. The first-order chi connectivity index (χ1) is 8.84. The van der Waals surface area contributed by atoms with Crippen molar-refractivity contribution in [3.63, 3.8) is 0 Å². The Balaban J connectivity index is 2.32. The predicted octanol–water partition coefficient (Wildman–Crippen LogP) is 1.44. The van der Waals surface area contributed by atoms with E-state index >= 15 is 0 Å². The second-order valence-corrected chi connectivity index (χ2v) is 5.78. The molecular weight excluding hydrogens is 246 g/mol. The monoisotopic (exact) mass is 265 g/mol. The van der Waals surface area contributed by atoms with Crippen LogP contribution in [0, 0.1) is 17.8 Å². The van der Waals surface area contributed by atoms with Gasteiger partial charge in [0.1, 0.15) is 6.04 Å². The van der Waals surface area contributed by atoms with Crippen LogP contribution in [0.5, 0.6) is 0 Å². The van der Waals surface area contributed by atoms with E-state index in [1.165, 1.54) is 0 Å². The van der Waals surface area contributed by atoms with E-state index in [0.717, 1.165) is 10.5 Å². The minimum atomic E-state index is -1.11. The number of carbonyl (C=O) groups excluding carboxylic acids is 2. The molecule has 5 heteroatoms. The topological polar surface area (TPSA) is 74.7 Å². The Bertz CT molecular complexity index is 466. The molecule has 1 saturated heterocycles. The summed E-state index contributed by atoms with van der Waals surface area (Å²) in [6, 6.07) is -1.05. The number of allylic oxidation sites excluding steroid dienone is 2. The summed E-state index contributed by atoms with van der Waals surface area (Å²) in [5, 5.41) is 9.27. The van der Waals surface area contributed by atoms with Gasteiger partial charge in [-0.25, -0.2) is 4.79 Å². The Morgan fingerprint density at radius 2 is 1.89 bits per heavy atom. The third-order valence-electron chi connectivity index (χ3n) is 4.02. The maximum absolute atomic E-state index is 12.4. The number of fused-ring (bicyclic) bond motifs is 1. The van der Waals surface area contributed by atoms with Crippen LogP contribution >= 0.6 is 0 Å². The summed E-state index contributed by atoms with van der Waals surface area (Å²) in [5.41, 5.74) is 1.10. The molecule has 1 aliphatic carbocycles. The molecule has 3 atom stereocenters. The fourth-order valence-electron chi connectivity index (χ4n) is 3.03. The van der Waals surface area contributed by atoms with Gasteiger partial charge in [-0.2, -0.15) is 0 Å². The van der Waals surface area contributed by atoms with E-state index in [1.54, 1.807) is 13.8 Å². The second-order valence-electron chi connectivity index (χ2n) is 5.78. The highest BCUT2D eigenvalue weighted by atomic mass is 16.4. The number of amides is 2. The number of hydrogen-bond donors (Lipinski definition) is 1. The Hall–Kier alpha value is -1.65. The van der Waals surface area contributed by atoms with Gasteiger partial charge < -0.3 is 5.11 Å². The lowest BCUT2D eigenvalue weighted by atomic mass is 9.82. The van der Waals surface area contributed by atoms with Crippen molar-refractivity contribution in [2.24, 2.45) is 17.8 Å². The van der Waals surface area contributed by atoms with Crippen LogP contribution in [-0.2, 0) is 14.4 Å². The summed E-state index contributed by atoms with van der Waals surface area (Å²) in [4.78, 5) is 37.0. The van der Waals surface area contributed by atoms with Crippen molar-refractivity contribution in [2.75, 3.05) is 0 Å². The van der Waals surface area contributed by atoms with Crippen molar-refractivity contribution >= 4 is 17.8 Å². The number of likely N-dealkylation sites (tertiary alicyclic amines) is 1. The fourth-order valence-corrected chi connectivity index (χ4v) is 3.03. The first-order valence-corrected chi connectivity index (χ1v) is 6.60. The number of hydrogen-bond acceptors (Lipinski definition) is 3. The van der Waals surface area contributed by atoms with E-state index in [1.807, 2.05) is 13.0 Å². The van der Waals surface area contributed by atoms with Crippen LogP contribution in [0.15, 0.2) is 11.6 Å². The molecular formula is C14H19NO4. The van der Waals surface area contributed by atoms with Crippen LogP contribution in [-0.4, -0.2) is 33.8 Å². The van der Waals surface area contributed by atoms with Crippen molar-refractivity contribution in [3.8, 4) is 0 Å². The molecule has 3 unspecified atom stereocenters. The van der Waals surface area contributed by atoms with E-state index in [4.69, 9.17) is 0 Å². The first kappa shape index (κ1) is 13.8. The lowest BCUT2D eigenvalue weighted by molar-refractivity contribution is -0.157. The molecule has 0 bridgehead atoms. The third kappa shape index (κ3) is 2.17. The highest BCUT2D eigenvalue weighted by molar-refractivity contribution is 6.08. The van der Waals surface area contributed by atoms with Gasteiger partial charge in [0.15, 0.2) is 0 Å². The first-order valence-electron chi connectivity index (χ1n) is 6.60. The molecule has 104 valence electrons. The number of imide groups is 1. The van der Waals surface area contributed by atoms with Crippen molar-refractivity contribution in [1.29, 1.82) is 0 Å². The number of nitrogens with zero attached hydrogens (tertiary/aromatic N) is 1. The summed E-state index contributed by atoms with van der Waals surface area (Å²) < 4.78 is 0. The van der Waals surface area contributed by atoms with E-state index in [9.17, 15) is 19.5 Å². The minimum absolute atomic E-state index is 0.292. The van der Waals surface area contributed by atoms with E-state index < -0.39 is 12.0 Å². The normalized spacial score (nSPS) is 28.4. The van der Waals surface area contributed by atoms with Crippen molar-refractivity contribution in [3.05, 3.63) is 11.6 Å². The summed E-state index contributed by atoms with van der Waals surface area (Å²) in [6.07, 6.45) is 3.08. The molecule has 0 radical (unpaired) electrons. The van der Waals surface area contributed by atoms with Gasteiger partial charge >= 0.3 is 5.97 Å². The predicted molar refractivity (Wildman–Crippen MR) is 68.1 cm³/mol. The summed E-state index contributed by atoms with van der Waals surface area (Å²) in [6.45, 7) is 5.36. The van der Waals surface area contributed by atoms with E-state index in [-0.39, 0.29) is 29.6 Å². The maximum Gasteiger partial charge on any atom is 0.327 e. The average Bonchev–Trinajstić information content (AvgIpc) is 2.53. The smallest absolute Gasteiger partial charge is 0.327 e. The van der Waals surface area contributed by atoms with Crippen LogP contribution in [0.25, 0.3) is 0 Å². The van der Waals surface area contributed by atoms with Gasteiger partial charge in [-0.15, -0.1) is 0 Å². The molecule has 0 aromatic heterocycles. The standard InChI is InChI=1S/C14H19NO4/c1-7(2)11(14(18)19)15-12(16)9-5-4-8(3)6-10(9)13(15)17/h4,7,9-11H,5-6H2,1-3H3,(H,18,19). The number of rotatable bonds is 3. The van der Waals surface area contributed by atoms with Gasteiger partial charge in [0, 0.05) is 0 Å². The Morgan fingerprint density at radius 1 is 1.32 bits per heavy atom. The molecule has 19 heavy (non-hydrogen) atoms. The molecule has 1 fully saturated rings. The van der Waals surface area contributed by atoms with Gasteiger partial charge in [0.25, 0.3) is 0 Å². The number of aliphatic carboxylic acids is 1. The van der Waals surface area contributed by atoms with Gasteiger partial charge in [-0.1, -0.05) is 25.5 Å². The molecule has 0 aromatic carbocycles. The molecule has 1 heterocycles. The lowest BCUT2D eigenvalue weighted by Crippen LogP contribution is -2.48.